The van der Waals surface area contributed by atoms with Crippen LogP contribution in [0.2, 0.25) is 0 Å². The van der Waals surface area contributed by atoms with Gasteiger partial charge >= 0.3 is 0 Å². The third-order valence-corrected chi connectivity index (χ3v) is 3.80. The Bertz CT molecular complexity index is 587. The molecular weight excluding hydrogens is 254 g/mol. The number of unbranched alkanes of at least 4 members (excludes halogenated alkanes) is 4. The van der Waals surface area contributed by atoms with E-state index in [2.05, 4.69) is 6.92 Å². The molecule has 0 N–H and O–H groups in total. The molecule has 0 amide bonds. The topological polar surface area (TPSA) is 0 Å². The SMILES string of the molecule is CCCCCCCc1cc(F)c2cc(C)ccc2c1F. The summed E-state index contributed by atoms with van der Waals surface area (Å²) in [5, 5.41) is 0.788. The van der Waals surface area contributed by atoms with Gasteiger partial charge < -0.3 is 0 Å². The van der Waals surface area contributed by atoms with Gasteiger partial charge in [0, 0.05) is 10.8 Å². The van der Waals surface area contributed by atoms with Crippen LogP contribution in [0, 0.1) is 18.6 Å². The minimum absolute atomic E-state index is 0.253. The van der Waals surface area contributed by atoms with E-state index in [1.165, 1.54) is 25.3 Å². The molecule has 20 heavy (non-hydrogen) atoms. The molecule has 0 aliphatic heterocycles. The van der Waals surface area contributed by atoms with E-state index in [0.717, 1.165) is 18.4 Å². The molecule has 0 spiro atoms. The lowest BCUT2D eigenvalue weighted by molar-refractivity contribution is 0.583. The summed E-state index contributed by atoms with van der Waals surface area (Å²) in [6, 6.07) is 6.59. The van der Waals surface area contributed by atoms with E-state index in [4.69, 9.17) is 0 Å². The van der Waals surface area contributed by atoms with Crippen molar-refractivity contribution in [1.82, 2.24) is 0 Å². The summed E-state index contributed by atoms with van der Waals surface area (Å²) in [4.78, 5) is 0. The van der Waals surface area contributed by atoms with Crippen LogP contribution in [0.25, 0.3) is 10.8 Å². The fourth-order valence-electron chi connectivity index (χ4n) is 2.62. The summed E-state index contributed by atoms with van der Waals surface area (Å²) in [5.74, 6) is -0.564. The van der Waals surface area contributed by atoms with Crippen molar-refractivity contribution in [2.24, 2.45) is 0 Å². The third-order valence-electron chi connectivity index (χ3n) is 3.80. The molecule has 0 heterocycles. The maximum Gasteiger partial charge on any atom is 0.134 e. The molecule has 108 valence electrons. The van der Waals surface area contributed by atoms with Crippen molar-refractivity contribution < 1.29 is 8.78 Å². The number of aryl methyl sites for hydroxylation is 2. The predicted molar refractivity (Wildman–Crippen MR) is 81.1 cm³/mol. The Morgan fingerprint density at radius 1 is 0.900 bits per heavy atom. The van der Waals surface area contributed by atoms with Crippen LogP contribution in [-0.2, 0) is 6.42 Å². The Kier molecular flexibility index (Phi) is 5.11. The zero-order chi connectivity index (χ0) is 14.5. The van der Waals surface area contributed by atoms with Crippen molar-refractivity contribution in [2.45, 2.75) is 52.4 Å². The average Bonchev–Trinajstić information content (AvgIpc) is 2.43. The lowest BCUT2D eigenvalue weighted by Gasteiger charge is -2.09. The van der Waals surface area contributed by atoms with E-state index >= 15 is 0 Å². The Morgan fingerprint density at radius 2 is 1.65 bits per heavy atom. The van der Waals surface area contributed by atoms with Gasteiger partial charge in [0.1, 0.15) is 11.6 Å². The first-order chi connectivity index (χ1) is 9.63. The summed E-state index contributed by atoms with van der Waals surface area (Å²) >= 11 is 0. The average molecular weight is 276 g/mol. The van der Waals surface area contributed by atoms with Crippen LogP contribution in [0.4, 0.5) is 8.78 Å². The zero-order valence-electron chi connectivity index (χ0n) is 12.3. The second-order valence-corrected chi connectivity index (χ2v) is 5.54. The molecule has 0 atom stereocenters. The molecule has 0 aliphatic carbocycles. The van der Waals surface area contributed by atoms with Gasteiger partial charge in [-0.25, -0.2) is 8.78 Å². The number of rotatable bonds is 6. The molecule has 2 heteroatoms. The van der Waals surface area contributed by atoms with Gasteiger partial charge in [-0.1, -0.05) is 50.3 Å². The van der Waals surface area contributed by atoms with E-state index in [1.807, 2.05) is 13.0 Å². The van der Waals surface area contributed by atoms with E-state index in [-0.39, 0.29) is 11.6 Å². The van der Waals surface area contributed by atoms with Crippen LogP contribution in [0.5, 0.6) is 0 Å². The molecule has 0 nitrogen and oxygen atoms in total. The molecule has 0 fully saturated rings. The Labute approximate surface area is 119 Å². The van der Waals surface area contributed by atoms with E-state index < -0.39 is 0 Å². The standard InChI is InChI=1S/C18H22F2/c1-3-4-5-6-7-8-14-12-17(19)16-11-13(2)9-10-15(16)18(14)20/h9-12H,3-8H2,1-2H3. The maximum atomic E-state index is 14.4. The highest BCUT2D eigenvalue weighted by Crippen LogP contribution is 2.26. The Balaban J connectivity index is 2.18. The van der Waals surface area contributed by atoms with E-state index in [1.54, 1.807) is 12.1 Å². The number of fused-ring (bicyclic) bond motifs is 1. The molecule has 2 aromatic rings. The minimum Gasteiger partial charge on any atom is -0.206 e. The zero-order valence-corrected chi connectivity index (χ0v) is 12.3. The second-order valence-electron chi connectivity index (χ2n) is 5.54. The van der Waals surface area contributed by atoms with Gasteiger partial charge in [-0.2, -0.15) is 0 Å². The van der Waals surface area contributed by atoms with Gasteiger partial charge in [-0.05, 0) is 37.5 Å². The first-order valence-corrected chi connectivity index (χ1v) is 7.50. The monoisotopic (exact) mass is 276 g/mol. The van der Waals surface area contributed by atoms with Crippen LogP contribution in [-0.4, -0.2) is 0 Å². The van der Waals surface area contributed by atoms with Gasteiger partial charge in [0.05, 0.1) is 0 Å². The molecule has 2 rings (SSSR count). The smallest absolute Gasteiger partial charge is 0.134 e. The van der Waals surface area contributed by atoms with Gasteiger partial charge in [0.25, 0.3) is 0 Å². The molecular formula is C18H22F2. The van der Waals surface area contributed by atoms with E-state index in [0.29, 0.717) is 22.8 Å². The Morgan fingerprint density at radius 3 is 2.40 bits per heavy atom. The van der Waals surface area contributed by atoms with Crippen molar-refractivity contribution in [3.8, 4) is 0 Å². The summed E-state index contributed by atoms with van der Waals surface area (Å²) < 4.78 is 28.5. The summed E-state index contributed by atoms with van der Waals surface area (Å²) in [6.45, 7) is 4.05. The Hall–Kier alpha value is -1.44. The van der Waals surface area contributed by atoms with Gasteiger partial charge in [-0.15, -0.1) is 0 Å². The fraction of sp³-hybridized carbons (Fsp3) is 0.444. The number of hydrogen-bond donors (Lipinski definition) is 0. The van der Waals surface area contributed by atoms with Gasteiger partial charge in [0.15, 0.2) is 0 Å². The van der Waals surface area contributed by atoms with E-state index in [9.17, 15) is 8.78 Å². The van der Waals surface area contributed by atoms with Crippen molar-refractivity contribution in [1.29, 1.82) is 0 Å². The van der Waals surface area contributed by atoms with Crippen LogP contribution >= 0.6 is 0 Å². The molecule has 0 aliphatic rings. The molecule has 0 unspecified atom stereocenters. The molecule has 2 aromatic carbocycles. The highest BCUT2D eigenvalue weighted by atomic mass is 19.1. The largest absolute Gasteiger partial charge is 0.206 e. The first kappa shape index (κ1) is 15.0. The second kappa shape index (κ2) is 6.83. The highest BCUT2D eigenvalue weighted by Gasteiger charge is 2.12. The quantitative estimate of drug-likeness (QED) is 0.573. The summed E-state index contributed by atoms with van der Waals surface area (Å²) in [6.07, 6.45) is 6.21. The molecule has 0 aromatic heterocycles. The molecule has 0 saturated carbocycles. The van der Waals surface area contributed by atoms with Crippen molar-refractivity contribution in [3.63, 3.8) is 0 Å². The minimum atomic E-state index is -0.311. The molecule has 0 radical (unpaired) electrons. The molecule has 0 bridgehead atoms. The first-order valence-electron chi connectivity index (χ1n) is 7.50. The normalized spacial score (nSPS) is 11.2. The van der Waals surface area contributed by atoms with Crippen molar-refractivity contribution in [2.75, 3.05) is 0 Å². The maximum absolute atomic E-state index is 14.4. The van der Waals surface area contributed by atoms with Gasteiger partial charge in [-0.3, -0.25) is 0 Å². The van der Waals surface area contributed by atoms with Gasteiger partial charge in [0.2, 0.25) is 0 Å². The van der Waals surface area contributed by atoms with Crippen LogP contribution in [0.1, 0.15) is 50.2 Å². The lowest BCUT2D eigenvalue weighted by atomic mass is 9.99. The van der Waals surface area contributed by atoms with Crippen LogP contribution in [0.15, 0.2) is 24.3 Å². The number of halogens is 2. The predicted octanol–water partition coefficient (Wildman–Crippen LogP) is 5.94. The number of benzene rings is 2. The van der Waals surface area contributed by atoms with Crippen molar-refractivity contribution in [3.05, 3.63) is 47.0 Å². The van der Waals surface area contributed by atoms with Crippen LogP contribution in [0.3, 0.4) is 0 Å². The lowest BCUT2D eigenvalue weighted by Crippen LogP contribution is -1.96. The van der Waals surface area contributed by atoms with Crippen LogP contribution < -0.4 is 0 Å². The fourth-order valence-corrected chi connectivity index (χ4v) is 2.62. The van der Waals surface area contributed by atoms with Crippen molar-refractivity contribution >= 4 is 10.8 Å². The number of hydrogen-bond acceptors (Lipinski definition) is 0. The third kappa shape index (κ3) is 3.36. The molecule has 0 saturated heterocycles. The summed E-state index contributed by atoms with van der Waals surface area (Å²) in [7, 11) is 0. The highest BCUT2D eigenvalue weighted by molar-refractivity contribution is 5.85. The summed E-state index contributed by atoms with van der Waals surface area (Å²) in [5.41, 5.74) is 1.46.